The van der Waals surface area contributed by atoms with E-state index in [0.29, 0.717) is 24.6 Å². The highest BCUT2D eigenvalue weighted by atomic mass is 35.5. The van der Waals surface area contributed by atoms with Crippen molar-refractivity contribution in [3.8, 4) is 5.75 Å². The number of benzene rings is 1. The number of aliphatic hydroxyl groups is 1. The fourth-order valence-corrected chi connectivity index (χ4v) is 2.25. The lowest BCUT2D eigenvalue weighted by Crippen LogP contribution is -2.33. The number of amides is 1. The van der Waals surface area contributed by atoms with Crippen molar-refractivity contribution in [3.05, 3.63) is 28.8 Å². The Hall–Kier alpha value is -1.26. The van der Waals surface area contributed by atoms with Crippen LogP contribution in [0.3, 0.4) is 0 Å². The van der Waals surface area contributed by atoms with Gasteiger partial charge < -0.3 is 14.7 Å². The second kappa shape index (κ2) is 5.59. The minimum absolute atomic E-state index is 0.00414. The van der Waals surface area contributed by atoms with Crippen LogP contribution in [0.15, 0.2) is 18.2 Å². The van der Waals surface area contributed by atoms with Crippen molar-refractivity contribution >= 4 is 17.5 Å². The normalized spacial score (nSPS) is 17.2. The highest BCUT2D eigenvalue weighted by Gasteiger charge is 2.32. The molecule has 1 aliphatic rings. The Labute approximate surface area is 111 Å². The van der Waals surface area contributed by atoms with Gasteiger partial charge in [-0.25, -0.2) is 0 Å². The number of hydrogen-bond donors (Lipinski definition) is 1. The number of nitrogens with zero attached hydrogens (tertiary/aromatic N) is 1. The van der Waals surface area contributed by atoms with Crippen molar-refractivity contribution in [3.63, 3.8) is 0 Å². The zero-order valence-electron chi connectivity index (χ0n) is 10.2. The van der Waals surface area contributed by atoms with Crippen molar-refractivity contribution in [1.82, 2.24) is 4.90 Å². The summed E-state index contributed by atoms with van der Waals surface area (Å²) in [5.41, 5.74) is 0.850. The molecular weight excluding hydrogens is 254 g/mol. The molecule has 18 heavy (non-hydrogen) atoms. The first-order valence-electron chi connectivity index (χ1n) is 5.91. The Morgan fingerprint density at radius 2 is 2.39 bits per heavy atom. The summed E-state index contributed by atoms with van der Waals surface area (Å²) >= 11 is 5.94. The molecule has 98 valence electrons. The highest BCUT2D eigenvalue weighted by Crippen LogP contribution is 2.36. The first-order chi connectivity index (χ1) is 8.63. The van der Waals surface area contributed by atoms with E-state index in [4.69, 9.17) is 21.4 Å². The average Bonchev–Trinajstić information content (AvgIpc) is 2.77. The number of fused-ring (bicyclic) bond motifs is 1. The number of rotatable bonds is 4. The molecule has 1 aliphatic heterocycles. The summed E-state index contributed by atoms with van der Waals surface area (Å²) in [7, 11) is 1.74. The Morgan fingerprint density at radius 1 is 1.61 bits per heavy atom. The van der Waals surface area contributed by atoms with Crippen LogP contribution >= 0.6 is 11.6 Å². The zero-order chi connectivity index (χ0) is 13.1. The molecule has 0 radical (unpaired) electrons. The van der Waals surface area contributed by atoms with E-state index in [1.807, 2.05) is 0 Å². The highest BCUT2D eigenvalue weighted by molar-refractivity contribution is 6.30. The topological polar surface area (TPSA) is 49.8 Å². The first-order valence-corrected chi connectivity index (χ1v) is 6.29. The van der Waals surface area contributed by atoms with Gasteiger partial charge in [0.2, 0.25) is 5.91 Å². The van der Waals surface area contributed by atoms with E-state index >= 15 is 0 Å². The molecule has 2 rings (SSSR count). The molecule has 0 aliphatic carbocycles. The van der Waals surface area contributed by atoms with Gasteiger partial charge in [-0.3, -0.25) is 4.79 Å². The number of aliphatic hydroxyl groups excluding tert-OH is 1. The van der Waals surface area contributed by atoms with Gasteiger partial charge in [-0.05, 0) is 24.6 Å². The van der Waals surface area contributed by atoms with Crippen LogP contribution < -0.4 is 4.74 Å². The standard InChI is InChI=1S/C13H16ClNO3/c1-15(5-2-6-16)13(17)11-8-18-12-4-3-9(14)7-10(11)12/h3-4,7,11,16H,2,5-6,8H2,1H3. The number of carbonyl (C=O) groups is 1. The summed E-state index contributed by atoms with van der Waals surface area (Å²) in [6.45, 7) is 0.987. The molecule has 1 heterocycles. The summed E-state index contributed by atoms with van der Waals surface area (Å²) in [5, 5.41) is 9.38. The predicted molar refractivity (Wildman–Crippen MR) is 69.0 cm³/mol. The maximum atomic E-state index is 12.2. The monoisotopic (exact) mass is 269 g/mol. The van der Waals surface area contributed by atoms with Crippen LogP contribution in [0.2, 0.25) is 5.02 Å². The van der Waals surface area contributed by atoms with Gasteiger partial charge >= 0.3 is 0 Å². The number of carbonyl (C=O) groups excluding carboxylic acids is 1. The van der Waals surface area contributed by atoms with E-state index in [9.17, 15) is 4.79 Å². The fourth-order valence-electron chi connectivity index (χ4n) is 2.07. The van der Waals surface area contributed by atoms with Gasteiger partial charge in [0.25, 0.3) is 0 Å². The maximum absolute atomic E-state index is 12.2. The van der Waals surface area contributed by atoms with Crippen LogP contribution in [0.1, 0.15) is 17.9 Å². The van der Waals surface area contributed by atoms with E-state index in [2.05, 4.69) is 0 Å². The van der Waals surface area contributed by atoms with Crippen molar-refractivity contribution in [2.75, 3.05) is 26.8 Å². The number of likely N-dealkylation sites (N-methyl/N-ethyl adjacent to an activating group) is 1. The smallest absolute Gasteiger partial charge is 0.233 e. The van der Waals surface area contributed by atoms with Gasteiger partial charge in [-0.1, -0.05) is 11.6 Å². The van der Waals surface area contributed by atoms with Gasteiger partial charge in [-0.2, -0.15) is 0 Å². The lowest BCUT2D eigenvalue weighted by molar-refractivity contribution is -0.131. The molecule has 1 aromatic carbocycles. The van der Waals surface area contributed by atoms with Crippen molar-refractivity contribution in [2.24, 2.45) is 0 Å². The van der Waals surface area contributed by atoms with Crippen LogP contribution in [0.5, 0.6) is 5.75 Å². The molecule has 0 spiro atoms. The predicted octanol–water partition coefficient (Wildman–Crippen LogP) is 1.66. The van der Waals surface area contributed by atoms with Crippen molar-refractivity contribution < 1.29 is 14.6 Å². The van der Waals surface area contributed by atoms with E-state index in [1.165, 1.54) is 0 Å². The molecule has 0 fully saturated rings. The largest absolute Gasteiger partial charge is 0.492 e. The van der Waals surface area contributed by atoms with E-state index in [0.717, 1.165) is 11.3 Å². The Morgan fingerprint density at radius 3 is 3.11 bits per heavy atom. The molecule has 0 aromatic heterocycles. The van der Waals surface area contributed by atoms with Crippen LogP contribution in [0.4, 0.5) is 0 Å². The molecule has 1 atom stereocenters. The molecule has 0 bridgehead atoms. The van der Waals surface area contributed by atoms with Crippen LogP contribution in [0, 0.1) is 0 Å². The van der Waals surface area contributed by atoms with E-state index in [-0.39, 0.29) is 18.4 Å². The fraction of sp³-hybridized carbons (Fsp3) is 0.462. The number of halogens is 1. The molecule has 1 unspecified atom stereocenters. The summed E-state index contributed by atoms with van der Waals surface area (Å²) in [4.78, 5) is 13.9. The van der Waals surface area contributed by atoms with Crippen molar-refractivity contribution in [2.45, 2.75) is 12.3 Å². The number of hydrogen-bond acceptors (Lipinski definition) is 3. The Kier molecular flexibility index (Phi) is 4.09. The van der Waals surface area contributed by atoms with Crippen molar-refractivity contribution in [1.29, 1.82) is 0 Å². The molecule has 5 heteroatoms. The second-order valence-corrected chi connectivity index (χ2v) is 4.82. The molecule has 1 N–H and O–H groups in total. The third kappa shape index (κ3) is 2.60. The van der Waals surface area contributed by atoms with Crippen LogP contribution in [-0.4, -0.2) is 42.7 Å². The lowest BCUT2D eigenvalue weighted by Gasteiger charge is -2.20. The van der Waals surface area contributed by atoms with Gasteiger partial charge in [0.1, 0.15) is 18.3 Å². The summed E-state index contributed by atoms with van der Waals surface area (Å²) < 4.78 is 5.49. The van der Waals surface area contributed by atoms with E-state index in [1.54, 1.807) is 30.1 Å². The minimum atomic E-state index is -0.289. The van der Waals surface area contributed by atoms with Gasteiger partial charge in [0.05, 0.1) is 0 Å². The zero-order valence-corrected chi connectivity index (χ0v) is 11.0. The summed E-state index contributed by atoms with van der Waals surface area (Å²) in [6, 6.07) is 5.33. The van der Waals surface area contributed by atoms with Crippen LogP contribution in [-0.2, 0) is 4.79 Å². The Bertz CT molecular complexity index is 450. The number of ether oxygens (including phenoxy) is 1. The van der Waals surface area contributed by atoms with Gasteiger partial charge in [0, 0.05) is 30.8 Å². The molecule has 1 amide bonds. The Balaban J connectivity index is 2.12. The molecule has 0 saturated carbocycles. The molecule has 1 aromatic rings. The first kappa shape index (κ1) is 13.2. The van der Waals surface area contributed by atoms with Crippen LogP contribution in [0.25, 0.3) is 0 Å². The maximum Gasteiger partial charge on any atom is 0.233 e. The van der Waals surface area contributed by atoms with Gasteiger partial charge in [0.15, 0.2) is 0 Å². The average molecular weight is 270 g/mol. The molecule has 0 saturated heterocycles. The third-order valence-electron chi connectivity index (χ3n) is 3.08. The quantitative estimate of drug-likeness (QED) is 0.904. The molecule has 4 nitrogen and oxygen atoms in total. The lowest BCUT2D eigenvalue weighted by atomic mass is 10.00. The van der Waals surface area contributed by atoms with Gasteiger partial charge in [-0.15, -0.1) is 0 Å². The summed E-state index contributed by atoms with van der Waals surface area (Å²) in [5.74, 6) is 0.445. The second-order valence-electron chi connectivity index (χ2n) is 4.38. The minimum Gasteiger partial charge on any atom is -0.492 e. The SMILES string of the molecule is CN(CCCO)C(=O)C1COc2ccc(Cl)cc21. The third-order valence-corrected chi connectivity index (χ3v) is 3.31. The molecular formula is C13H16ClNO3. The van der Waals surface area contributed by atoms with E-state index < -0.39 is 0 Å². The summed E-state index contributed by atoms with van der Waals surface area (Å²) in [6.07, 6.45) is 0.582.